The molecule has 0 spiro atoms. The lowest BCUT2D eigenvalue weighted by Gasteiger charge is -2.22. The van der Waals surface area contributed by atoms with Crippen molar-refractivity contribution in [2.45, 2.75) is 33.1 Å². The summed E-state index contributed by atoms with van der Waals surface area (Å²) >= 11 is 0. The first-order chi connectivity index (χ1) is 6.77. The number of rotatable bonds is 3. The van der Waals surface area contributed by atoms with Crippen molar-refractivity contribution in [3.05, 3.63) is 28.8 Å². The van der Waals surface area contributed by atoms with E-state index in [2.05, 4.69) is 19.9 Å². The fraction of sp³-hybridized carbons (Fsp3) is 0.417. The molecule has 1 heterocycles. The Morgan fingerprint density at radius 1 is 1.29 bits per heavy atom. The molecule has 0 N–H and O–H groups in total. The Bertz CT molecular complexity index is 380. The lowest BCUT2D eigenvalue weighted by atomic mass is 9.95. The third kappa shape index (κ3) is 1.22. The molecule has 0 fully saturated rings. The number of esters is 1. The Hall–Kier alpha value is -1.31. The number of carbonyl (C=O) groups is 1. The fourth-order valence-electron chi connectivity index (χ4n) is 1.94. The molecule has 0 amide bonds. The van der Waals surface area contributed by atoms with Crippen molar-refractivity contribution < 1.29 is 9.53 Å². The molecule has 0 radical (unpaired) electrons. The van der Waals surface area contributed by atoms with E-state index < -0.39 is 0 Å². The van der Waals surface area contributed by atoms with E-state index in [0.717, 1.165) is 30.6 Å². The van der Waals surface area contributed by atoms with Crippen LogP contribution in [0.5, 0.6) is 5.75 Å². The number of benzene rings is 1. The van der Waals surface area contributed by atoms with Crippen LogP contribution in [0.2, 0.25) is 0 Å². The normalized spacial score (nSPS) is 13.1. The van der Waals surface area contributed by atoms with Crippen molar-refractivity contribution in [2.24, 2.45) is 0 Å². The smallest absolute Gasteiger partial charge is 0.347 e. The van der Waals surface area contributed by atoms with Gasteiger partial charge in [-0.25, -0.2) is 4.79 Å². The Morgan fingerprint density at radius 2 is 2.07 bits per heavy atom. The van der Waals surface area contributed by atoms with Gasteiger partial charge in [0.15, 0.2) is 0 Å². The fourth-order valence-corrected chi connectivity index (χ4v) is 1.94. The van der Waals surface area contributed by atoms with Gasteiger partial charge in [-0.2, -0.15) is 0 Å². The van der Waals surface area contributed by atoms with E-state index in [1.165, 1.54) is 11.1 Å². The van der Waals surface area contributed by atoms with E-state index in [1.807, 2.05) is 6.07 Å². The molecule has 0 atom stereocenters. The summed E-state index contributed by atoms with van der Waals surface area (Å²) < 4.78 is 5.05. The highest BCUT2D eigenvalue weighted by atomic mass is 16.6. The third-order valence-corrected chi connectivity index (χ3v) is 2.65. The maximum atomic E-state index is 11.0. The van der Waals surface area contributed by atoms with Gasteiger partial charge in [0, 0.05) is 0 Å². The summed E-state index contributed by atoms with van der Waals surface area (Å²) in [6, 6.07) is 3.94. The van der Waals surface area contributed by atoms with Gasteiger partial charge in [0.1, 0.15) is 11.3 Å². The third-order valence-electron chi connectivity index (χ3n) is 2.65. The molecular formula is C12H14O2. The molecule has 0 saturated carbocycles. The summed E-state index contributed by atoms with van der Waals surface area (Å²) in [4.78, 5) is 11.0. The monoisotopic (exact) mass is 190 g/mol. The summed E-state index contributed by atoms with van der Waals surface area (Å²) in [7, 11) is 0. The SMILES string of the molecule is CCCc1ccc2c(c1CC)OC2=O. The number of hydrogen-bond acceptors (Lipinski definition) is 2. The predicted molar refractivity (Wildman–Crippen MR) is 54.8 cm³/mol. The first-order valence-corrected chi connectivity index (χ1v) is 5.14. The van der Waals surface area contributed by atoms with Gasteiger partial charge < -0.3 is 4.74 Å². The molecule has 0 bridgehead atoms. The first kappa shape index (κ1) is 9.25. The largest absolute Gasteiger partial charge is 0.422 e. The molecule has 1 aliphatic rings. The average Bonchev–Trinajstić information content (AvgIpc) is 2.17. The number of aryl methyl sites for hydroxylation is 1. The standard InChI is InChI=1S/C12H14O2/c1-3-5-8-6-7-10-11(9(8)4-2)14-12(10)13/h6-7H,3-5H2,1-2H3. The van der Waals surface area contributed by atoms with Gasteiger partial charge in [-0.05, 0) is 30.0 Å². The van der Waals surface area contributed by atoms with Crippen molar-refractivity contribution in [1.29, 1.82) is 0 Å². The zero-order valence-corrected chi connectivity index (χ0v) is 8.59. The Kier molecular flexibility index (Phi) is 2.28. The van der Waals surface area contributed by atoms with E-state index >= 15 is 0 Å². The number of fused-ring (bicyclic) bond motifs is 1. The second-order valence-corrected chi connectivity index (χ2v) is 3.57. The Balaban J connectivity index is 2.45. The molecule has 14 heavy (non-hydrogen) atoms. The van der Waals surface area contributed by atoms with Gasteiger partial charge in [-0.15, -0.1) is 0 Å². The van der Waals surface area contributed by atoms with E-state index in [1.54, 1.807) is 0 Å². The molecule has 0 saturated heterocycles. The molecule has 1 aromatic rings. The molecule has 2 nitrogen and oxygen atoms in total. The van der Waals surface area contributed by atoms with Gasteiger partial charge in [0.05, 0.1) is 0 Å². The van der Waals surface area contributed by atoms with Crippen molar-refractivity contribution >= 4 is 5.97 Å². The van der Waals surface area contributed by atoms with Gasteiger partial charge in [-0.3, -0.25) is 0 Å². The minimum absolute atomic E-state index is 0.183. The second kappa shape index (κ2) is 3.45. The summed E-state index contributed by atoms with van der Waals surface area (Å²) in [5.74, 6) is 0.640. The van der Waals surface area contributed by atoms with Gasteiger partial charge >= 0.3 is 5.97 Å². The zero-order chi connectivity index (χ0) is 10.1. The summed E-state index contributed by atoms with van der Waals surface area (Å²) in [5.41, 5.74) is 3.28. The van der Waals surface area contributed by atoms with E-state index in [4.69, 9.17) is 4.74 Å². The van der Waals surface area contributed by atoms with Crippen molar-refractivity contribution in [3.63, 3.8) is 0 Å². The molecule has 1 aromatic carbocycles. The number of ether oxygens (including phenoxy) is 1. The lowest BCUT2D eigenvalue weighted by Crippen LogP contribution is -2.23. The van der Waals surface area contributed by atoms with Crippen LogP contribution in [0.4, 0.5) is 0 Å². The maximum Gasteiger partial charge on any atom is 0.347 e. The quantitative estimate of drug-likeness (QED) is 0.685. The molecule has 2 rings (SSSR count). The molecule has 0 aromatic heterocycles. The minimum Gasteiger partial charge on any atom is -0.422 e. The lowest BCUT2D eigenvalue weighted by molar-refractivity contribution is 0.0656. The van der Waals surface area contributed by atoms with Crippen molar-refractivity contribution in [1.82, 2.24) is 0 Å². The summed E-state index contributed by atoms with van der Waals surface area (Å²) in [6.07, 6.45) is 3.12. The first-order valence-electron chi connectivity index (χ1n) is 5.14. The van der Waals surface area contributed by atoms with Gasteiger partial charge in [-0.1, -0.05) is 26.3 Å². The van der Waals surface area contributed by atoms with E-state index in [0.29, 0.717) is 0 Å². The predicted octanol–water partition coefficient (Wildman–Crippen LogP) is 2.73. The average molecular weight is 190 g/mol. The van der Waals surface area contributed by atoms with Gasteiger partial charge in [0.2, 0.25) is 0 Å². The van der Waals surface area contributed by atoms with Crippen LogP contribution in [0, 0.1) is 0 Å². The van der Waals surface area contributed by atoms with Crippen LogP contribution in [-0.4, -0.2) is 5.97 Å². The molecule has 2 heteroatoms. The molecule has 1 aliphatic heterocycles. The van der Waals surface area contributed by atoms with Crippen LogP contribution in [0.1, 0.15) is 41.8 Å². The number of carbonyl (C=O) groups excluding carboxylic acids is 1. The van der Waals surface area contributed by atoms with Crippen LogP contribution in [-0.2, 0) is 12.8 Å². The van der Waals surface area contributed by atoms with Crippen molar-refractivity contribution in [2.75, 3.05) is 0 Å². The second-order valence-electron chi connectivity index (χ2n) is 3.57. The van der Waals surface area contributed by atoms with Crippen molar-refractivity contribution in [3.8, 4) is 5.75 Å². The van der Waals surface area contributed by atoms with Crippen LogP contribution in [0.25, 0.3) is 0 Å². The summed E-state index contributed by atoms with van der Waals surface area (Å²) in [5, 5.41) is 0. The number of hydrogen-bond donors (Lipinski definition) is 0. The topological polar surface area (TPSA) is 26.3 Å². The molecular weight excluding hydrogens is 176 g/mol. The highest BCUT2D eigenvalue weighted by Gasteiger charge is 2.29. The van der Waals surface area contributed by atoms with Crippen LogP contribution in [0.15, 0.2) is 12.1 Å². The van der Waals surface area contributed by atoms with Gasteiger partial charge in [0.25, 0.3) is 0 Å². The molecule has 0 aliphatic carbocycles. The Morgan fingerprint density at radius 3 is 2.64 bits per heavy atom. The van der Waals surface area contributed by atoms with Crippen LogP contribution in [0.3, 0.4) is 0 Å². The van der Waals surface area contributed by atoms with E-state index in [-0.39, 0.29) is 5.97 Å². The highest BCUT2D eigenvalue weighted by Crippen LogP contribution is 2.35. The van der Waals surface area contributed by atoms with Crippen LogP contribution >= 0.6 is 0 Å². The molecule has 0 unspecified atom stereocenters. The maximum absolute atomic E-state index is 11.0. The highest BCUT2D eigenvalue weighted by molar-refractivity contribution is 6.02. The van der Waals surface area contributed by atoms with Crippen LogP contribution < -0.4 is 4.74 Å². The zero-order valence-electron chi connectivity index (χ0n) is 8.59. The minimum atomic E-state index is -0.183. The molecule has 74 valence electrons. The summed E-state index contributed by atoms with van der Waals surface area (Å²) in [6.45, 7) is 4.26. The Labute approximate surface area is 83.9 Å². The van der Waals surface area contributed by atoms with E-state index in [9.17, 15) is 4.79 Å².